The molecule has 0 unspecified atom stereocenters. The summed E-state index contributed by atoms with van der Waals surface area (Å²) in [4.78, 5) is 11.7. The second-order valence-electron chi connectivity index (χ2n) is 6.62. The number of hydrogen-bond donors (Lipinski definition) is 0. The molecular weight excluding hydrogens is 395 g/mol. The maximum atomic E-state index is 12.6. The minimum absolute atomic E-state index is 0.254. The van der Waals surface area contributed by atoms with E-state index < -0.39 is 17.7 Å². The molecule has 0 saturated heterocycles. The van der Waals surface area contributed by atoms with Crippen LogP contribution < -0.4 is 0 Å². The Labute approximate surface area is 171 Å². The maximum absolute atomic E-state index is 12.6. The van der Waals surface area contributed by atoms with Gasteiger partial charge in [0.25, 0.3) is 0 Å². The van der Waals surface area contributed by atoms with Gasteiger partial charge in [-0.25, -0.2) is 9.48 Å². The quantitative estimate of drug-likeness (QED) is 0.308. The van der Waals surface area contributed by atoms with Crippen LogP contribution >= 0.6 is 0 Å². The molecule has 0 aliphatic rings. The predicted octanol–water partition coefficient (Wildman–Crippen LogP) is 4.53. The highest BCUT2D eigenvalue weighted by molar-refractivity contribution is 5.86. The molecule has 0 bridgehead atoms. The van der Waals surface area contributed by atoms with Crippen LogP contribution in [0.25, 0.3) is 6.08 Å². The zero-order chi connectivity index (χ0) is 21.4. The zero-order valence-electron chi connectivity index (χ0n) is 16.0. The van der Waals surface area contributed by atoms with Crippen LogP contribution in [0, 0.1) is 0 Å². The van der Waals surface area contributed by atoms with Crippen LogP contribution in [0.4, 0.5) is 13.2 Å². The number of nitrogens with zero attached hydrogens (tertiary/aromatic N) is 3. The summed E-state index contributed by atoms with van der Waals surface area (Å²) in [7, 11) is 0. The number of esters is 1. The van der Waals surface area contributed by atoms with E-state index in [-0.39, 0.29) is 6.61 Å². The first-order valence-electron chi connectivity index (χ1n) is 9.35. The van der Waals surface area contributed by atoms with Crippen molar-refractivity contribution in [2.45, 2.75) is 25.6 Å². The van der Waals surface area contributed by atoms with Gasteiger partial charge in [-0.3, -0.25) is 0 Å². The molecule has 0 aliphatic carbocycles. The molecule has 0 radical (unpaired) electrons. The standard InChI is InChI=1S/C22H20F3N3O2/c23-22(24,25)19-11-8-18(9-12-19)15-28-16-20(26-27-28)7-4-14-30-21(29)13-10-17-5-2-1-3-6-17/h1-3,5-6,8-13,16H,4,7,14-15H2/b13-10+. The van der Waals surface area contributed by atoms with Crippen LogP contribution in [0.5, 0.6) is 0 Å². The molecule has 2 aromatic carbocycles. The molecule has 3 rings (SSSR count). The van der Waals surface area contributed by atoms with Gasteiger partial charge in [-0.05, 0) is 42.2 Å². The molecule has 0 fully saturated rings. The molecule has 0 aliphatic heterocycles. The molecule has 0 atom stereocenters. The zero-order valence-corrected chi connectivity index (χ0v) is 16.0. The fourth-order valence-electron chi connectivity index (χ4n) is 2.72. The summed E-state index contributed by atoms with van der Waals surface area (Å²) in [6, 6.07) is 14.4. The number of rotatable bonds is 8. The van der Waals surface area contributed by atoms with E-state index in [9.17, 15) is 18.0 Å². The summed E-state index contributed by atoms with van der Waals surface area (Å²) >= 11 is 0. The molecule has 0 spiro atoms. The Morgan fingerprint density at radius 3 is 2.50 bits per heavy atom. The van der Waals surface area contributed by atoms with Gasteiger partial charge >= 0.3 is 12.1 Å². The van der Waals surface area contributed by atoms with E-state index in [2.05, 4.69) is 10.3 Å². The lowest BCUT2D eigenvalue weighted by Gasteiger charge is -2.07. The highest BCUT2D eigenvalue weighted by Gasteiger charge is 2.29. The van der Waals surface area contributed by atoms with Crippen LogP contribution in [-0.2, 0) is 28.7 Å². The largest absolute Gasteiger partial charge is 0.463 e. The molecule has 30 heavy (non-hydrogen) atoms. The molecule has 0 saturated carbocycles. The Bertz CT molecular complexity index is 981. The first kappa shape index (κ1) is 21.3. The summed E-state index contributed by atoms with van der Waals surface area (Å²) in [5.74, 6) is -0.412. The van der Waals surface area contributed by atoms with E-state index in [1.807, 2.05) is 30.3 Å². The first-order chi connectivity index (χ1) is 14.4. The molecule has 0 amide bonds. The normalized spacial score (nSPS) is 11.7. The van der Waals surface area contributed by atoms with Crippen molar-refractivity contribution in [1.82, 2.24) is 15.0 Å². The van der Waals surface area contributed by atoms with Gasteiger partial charge in [0.15, 0.2) is 0 Å². The SMILES string of the molecule is O=C(/C=C/c1ccccc1)OCCCc1cn(Cc2ccc(C(F)(F)F)cc2)nn1. The average Bonchev–Trinajstić information content (AvgIpc) is 3.17. The van der Waals surface area contributed by atoms with Gasteiger partial charge < -0.3 is 4.74 Å². The lowest BCUT2D eigenvalue weighted by atomic mass is 10.1. The fraction of sp³-hybridized carbons (Fsp3) is 0.227. The Morgan fingerprint density at radius 2 is 1.80 bits per heavy atom. The van der Waals surface area contributed by atoms with Crippen molar-refractivity contribution < 1.29 is 22.7 Å². The number of halogens is 3. The Hall–Kier alpha value is -3.42. The van der Waals surface area contributed by atoms with Crippen LogP contribution in [0.15, 0.2) is 66.9 Å². The number of carbonyl (C=O) groups is 1. The van der Waals surface area contributed by atoms with Gasteiger partial charge in [-0.2, -0.15) is 13.2 Å². The summed E-state index contributed by atoms with van der Waals surface area (Å²) in [6.07, 6.45) is 1.62. The van der Waals surface area contributed by atoms with Gasteiger partial charge in [0, 0.05) is 12.3 Å². The Morgan fingerprint density at radius 1 is 1.07 bits per heavy atom. The van der Waals surface area contributed by atoms with Gasteiger partial charge in [-0.1, -0.05) is 47.7 Å². The van der Waals surface area contributed by atoms with E-state index in [0.717, 1.165) is 23.4 Å². The van der Waals surface area contributed by atoms with Crippen LogP contribution in [0.1, 0.15) is 28.8 Å². The van der Waals surface area contributed by atoms with Crippen LogP contribution in [0.3, 0.4) is 0 Å². The van der Waals surface area contributed by atoms with Crippen molar-refractivity contribution >= 4 is 12.0 Å². The number of alkyl halides is 3. The Balaban J connectivity index is 1.40. The summed E-state index contributed by atoms with van der Waals surface area (Å²) in [6.45, 7) is 0.578. The highest BCUT2D eigenvalue weighted by atomic mass is 19.4. The van der Waals surface area contributed by atoms with Crippen molar-refractivity contribution in [3.63, 3.8) is 0 Å². The average molecular weight is 415 g/mol. The first-order valence-corrected chi connectivity index (χ1v) is 9.35. The van der Waals surface area contributed by atoms with Crippen molar-refractivity contribution in [2.24, 2.45) is 0 Å². The third kappa shape index (κ3) is 6.58. The summed E-state index contributed by atoms with van der Waals surface area (Å²) in [5, 5.41) is 8.03. The number of aromatic nitrogens is 3. The lowest BCUT2D eigenvalue weighted by molar-refractivity contribution is -0.138. The summed E-state index contributed by atoms with van der Waals surface area (Å²) in [5.41, 5.74) is 1.65. The van der Waals surface area contributed by atoms with Crippen molar-refractivity contribution in [3.8, 4) is 0 Å². The van der Waals surface area contributed by atoms with E-state index >= 15 is 0 Å². The number of aryl methyl sites for hydroxylation is 1. The van der Waals surface area contributed by atoms with E-state index in [1.54, 1.807) is 17.0 Å². The predicted molar refractivity (Wildman–Crippen MR) is 105 cm³/mol. The molecular formula is C22H20F3N3O2. The van der Waals surface area contributed by atoms with E-state index in [4.69, 9.17) is 4.74 Å². The highest BCUT2D eigenvalue weighted by Crippen LogP contribution is 2.29. The fourth-order valence-corrected chi connectivity index (χ4v) is 2.72. The third-order valence-electron chi connectivity index (χ3n) is 4.24. The monoisotopic (exact) mass is 415 g/mol. The van der Waals surface area contributed by atoms with Gasteiger partial charge in [-0.15, -0.1) is 5.10 Å². The van der Waals surface area contributed by atoms with Crippen molar-refractivity contribution in [2.75, 3.05) is 6.61 Å². The Kier molecular flexibility index (Phi) is 7.00. The number of carbonyl (C=O) groups excluding carboxylic acids is 1. The van der Waals surface area contributed by atoms with E-state index in [1.165, 1.54) is 18.2 Å². The minimum atomic E-state index is -4.35. The maximum Gasteiger partial charge on any atom is 0.416 e. The number of hydrogen-bond acceptors (Lipinski definition) is 4. The van der Waals surface area contributed by atoms with Gasteiger partial charge in [0.05, 0.1) is 24.4 Å². The van der Waals surface area contributed by atoms with Crippen molar-refractivity contribution in [3.05, 3.63) is 89.3 Å². The minimum Gasteiger partial charge on any atom is -0.463 e. The second-order valence-corrected chi connectivity index (χ2v) is 6.62. The van der Waals surface area contributed by atoms with Gasteiger partial charge in [0.2, 0.25) is 0 Å². The molecule has 0 N–H and O–H groups in total. The second kappa shape index (κ2) is 9.87. The van der Waals surface area contributed by atoms with Crippen molar-refractivity contribution in [1.29, 1.82) is 0 Å². The smallest absolute Gasteiger partial charge is 0.416 e. The van der Waals surface area contributed by atoms with E-state index in [0.29, 0.717) is 24.9 Å². The molecule has 5 nitrogen and oxygen atoms in total. The third-order valence-corrected chi connectivity index (χ3v) is 4.24. The molecule has 8 heteroatoms. The molecule has 1 aromatic heterocycles. The van der Waals surface area contributed by atoms with Crippen LogP contribution in [0.2, 0.25) is 0 Å². The molecule has 1 heterocycles. The molecule has 3 aromatic rings. The lowest BCUT2D eigenvalue weighted by Crippen LogP contribution is -2.06. The van der Waals surface area contributed by atoms with Gasteiger partial charge in [0.1, 0.15) is 0 Å². The summed E-state index contributed by atoms with van der Waals surface area (Å²) < 4.78 is 44.5. The molecule has 156 valence electrons. The topological polar surface area (TPSA) is 57.0 Å². The van der Waals surface area contributed by atoms with Crippen LogP contribution in [-0.4, -0.2) is 27.6 Å². The number of ether oxygens (including phenoxy) is 1. The number of benzene rings is 2.